The molecule has 0 radical (unpaired) electrons. The van der Waals surface area contributed by atoms with Crippen LogP contribution in [0.5, 0.6) is 5.75 Å². The van der Waals surface area contributed by atoms with Crippen LogP contribution >= 0.6 is 0 Å². The third-order valence-corrected chi connectivity index (χ3v) is 3.49. The smallest absolute Gasteiger partial charge is 0.326 e. The minimum Gasteiger partial charge on any atom is -0.497 e. The highest BCUT2D eigenvalue weighted by Crippen LogP contribution is 2.17. The Morgan fingerprint density at radius 2 is 1.85 bits per heavy atom. The number of carbonyl (C=O) groups excluding carboxylic acids is 3. The molecule has 0 aliphatic rings. The summed E-state index contributed by atoms with van der Waals surface area (Å²) in [6.45, 7) is 0.952. The first-order chi connectivity index (χ1) is 12.9. The summed E-state index contributed by atoms with van der Waals surface area (Å²) in [4.78, 5) is 35.7. The van der Waals surface area contributed by atoms with E-state index in [0.29, 0.717) is 11.4 Å². The van der Waals surface area contributed by atoms with Crippen LogP contribution in [0.1, 0.15) is 17.3 Å². The predicted octanol–water partition coefficient (Wildman–Crippen LogP) is 2.13. The number of esters is 1. The van der Waals surface area contributed by atoms with E-state index in [1.165, 1.54) is 32.2 Å². The van der Waals surface area contributed by atoms with Gasteiger partial charge in [0, 0.05) is 17.3 Å². The molecule has 8 heteroatoms. The highest BCUT2D eigenvalue weighted by atomic mass is 19.1. The Bertz CT molecular complexity index is 840. The van der Waals surface area contributed by atoms with Crippen LogP contribution in [0.3, 0.4) is 0 Å². The Morgan fingerprint density at radius 3 is 2.56 bits per heavy atom. The summed E-state index contributed by atoms with van der Waals surface area (Å²) in [5, 5.41) is 4.90. The third kappa shape index (κ3) is 6.10. The van der Waals surface area contributed by atoms with Crippen LogP contribution in [-0.2, 0) is 14.3 Å². The van der Waals surface area contributed by atoms with Crippen molar-refractivity contribution >= 4 is 23.5 Å². The molecule has 0 saturated heterocycles. The second-order valence-corrected chi connectivity index (χ2v) is 5.55. The molecular weight excluding hydrogens is 355 g/mol. The van der Waals surface area contributed by atoms with Gasteiger partial charge in [-0.2, -0.15) is 0 Å². The highest BCUT2D eigenvalue weighted by Gasteiger charge is 2.19. The lowest BCUT2D eigenvalue weighted by Crippen LogP contribution is -2.35. The zero-order valence-corrected chi connectivity index (χ0v) is 14.8. The van der Waals surface area contributed by atoms with Gasteiger partial charge in [0.2, 0.25) is 0 Å². The number of nitrogens with one attached hydrogen (secondary N) is 2. The van der Waals surface area contributed by atoms with Gasteiger partial charge in [0.1, 0.15) is 18.1 Å². The number of benzene rings is 2. The molecule has 2 N–H and O–H groups in total. The average molecular weight is 374 g/mol. The average Bonchev–Trinajstić information content (AvgIpc) is 2.66. The lowest BCUT2D eigenvalue weighted by molar-refractivity contribution is -0.152. The fourth-order valence-corrected chi connectivity index (χ4v) is 2.12. The molecule has 0 fully saturated rings. The molecule has 2 aromatic rings. The molecule has 2 aromatic carbocycles. The first-order valence-electron chi connectivity index (χ1n) is 8.07. The number of ether oxygens (including phenoxy) is 2. The lowest BCUT2D eigenvalue weighted by Gasteiger charge is -2.14. The molecule has 0 unspecified atom stereocenters. The Balaban J connectivity index is 1.82. The fraction of sp³-hybridized carbons (Fsp3) is 0.211. The van der Waals surface area contributed by atoms with Crippen LogP contribution in [0.2, 0.25) is 0 Å². The monoisotopic (exact) mass is 374 g/mol. The number of anilines is 1. The van der Waals surface area contributed by atoms with Crippen LogP contribution in [-0.4, -0.2) is 37.5 Å². The lowest BCUT2D eigenvalue weighted by atomic mass is 10.2. The highest BCUT2D eigenvalue weighted by molar-refractivity contribution is 5.97. The van der Waals surface area contributed by atoms with Crippen LogP contribution in [0.15, 0.2) is 48.5 Å². The van der Waals surface area contributed by atoms with Crippen molar-refractivity contribution in [1.29, 1.82) is 0 Å². The molecule has 0 saturated carbocycles. The summed E-state index contributed by atoms with van der Waals surface area (Å²) in [5.41, 5.74) is 0.563. The van der Waals surface area contributed by atoms with Crippen molar-refractivity contribution in [2.45, 2.75) is 13.0 Å². The van der Waals surface area contributed by atoms with Gasteiger partial charge in [0.25, 0.3) is 11.8 Å². The van der Waals surface area contributed by atoms with Crippen molar-refractivity contribution < 1.29 is 28.2 Å². The molecule has 0 aromatic heterocycles. The number of halogens is 1. The topological polar surface area (TPSA) is 93.7 Å². The Morgan fingerprint density at radius 1 is 1.11 bits per heavy atom. The van der Waals surface area contributed by atoms with Gasteiger partial charge in [0.05, 0.1) is 7.11 Å². The number of hydrogen-bond donors (Lipinski definition) is 2. The van der Waals surface area contributed by atoms with Gasteiger partial charge in [-0.15, -0.1) is 0 Å². The van der Waals surface area contributed by atoms with Crippen LogP contribution in [0, 0.1) is 5.82 Å². The number of hydrogen-bond acceptors (Lipinski definition) is 5. The second-order valence-electron chi connectivity index (χ2n) is 5.55. The van der Waals surface area contributed by atoms with E-state index in [0.717, 1.165) is 6.07 Å². The van der Waals surface area contributed by atoms with E-state index in [2.05, 4.69) is 10.6 Å². The minimum absolute atomic E-state index is 0.0756. The number of methoxy groups -OCH3 is 1. The maximum atomic E-state index is 13.1. The van der Waals surface area contributed by atoms with Crippen LogP contribution in [0.4, 0.5) is 10.1 Å². The van der Waals surface area contributed by atoms with E-state index in [1.54, 1.807) is 24.3 Å². The van der Waals surface area contributed by atoms with Crippen LogP contribution in [0.25, 0.3) is 0 Å². The van der Waals surface area contributed by atoms with Gasteiger partial charge in [-0.3, -0.25) is 14.4 Å². The van der Waals surface area contributed by atoms with Crippen molar-refractivity contribution in [3.8, 4) is 5.75 Å². The molecule has 2 rings (SSSR count). The van der Waals surface area contributed by atoms with Crippen molar-refractivity contribution in [2.24, 2.45) is 0 Å². The first kappa shape index (κ1) is 19.9. The zero-order chi connectivity index (χ0) is 19.8. The molecule has 27 heavy (non-hydrogen) atoms. The normalized spacial score (nSPS) is 11.2. The predicted molar refractivity (Wildman–Crippen MR) is 95.9 cm³/mol. The van der Waals surface area contributed by atoms with E-state index in [-0.39, 0.29) is 5.56 Å². The molecule has 0 aliphatic carbocycles. The molecule has 7 nitrogen and oxygen atoms in total. The summed E-state index contributed by atoms with van der Waals surface area (Å²) in [6.07, 6.45) is -1.07. The number of amides is 2. The SMILES string of the molecule is COc1cccc(NC(=O)[C@H](C)OC(=O)CNC(=O)c2cccc(F)c2)c1. The van der Waals surface area contributed by atoms with Gasteiger partial charge in [-0.05, 0) is 37.3 Å². The minimum atomic E-state index is -1.07. The van der Waals surface area contributed by atoms with Crippen molar-refractivity contribution in [3.05, 3.63) is 59.9 Å². The van der Waals surface area contributed by atoms with E-state index >= 15 is 0 Å². The fourth-order valence-electron chi connectivity index (χ4n) is 2.12. The van der Waals surface area contributed by atoms with Gasteiger partial charge in [-0.1, -0.05) is 12.1 Å². The third-order valence-electron chi connectivity index (χ3n) is 3.49. The largest absolute Gasteiger partial charge is 0.497 e. The summed E-state index contributed by atoms with van der Waals surface area (Å²) < 4.78 is 23.1. The summed E-state index contributed by atoms with van der Waals surface area (Å²) in [7, 11) is 1.50. The summed E-state index contributed by atoms with van der Waals surface area (Å²) in [6, 6.07) is 11.7. The molecule has 0 spiro atoms. The van der Waals surface area contributed by atoms with Crippen LogP contribution < -0.4 is 15.4 Å². The maximum Gasteiger partial charge on any atom is 0.326 e. The van der Waals surface area contributed by atoms with E-state index in [9.17, 15) is 18.8 Å². The molecule has 0 aliphatic heterocycles. The van der Waals surface area contributed by atoms with E-state index in [4.69, 9.17) is 9.47 Å². The molecule has 0 heterocycles. The van der Waals surface area contributed by atoms with Crippen molar-refractivity contribution in [3.63, 3.8) is 0 Å². The molecule has 0 bridgehead atoms. The van der Waals surface area contributed by atoms with Crippen molar-refractivity contribution in [1.82, 2.24) is 5.32 Å². The number of rotatable bonds is 7. The van der Waals surface area contributed by atoms with E-state index < -0.39 is 36.2 Å². The Labute approximate surface area is 155 Å². The van der Waals surface area contributed by atoms with Gasteiger partial charge in [-0.25, -0.2) is 4.39 Å². The second kappa shape index (κ2) is 9.33. The van der Waals surface area contributed by atoms with Gasteiger partial charge >= 0.3 is 5.97 Å². The van der Waals surface area contributed by atoms with Gasteiger partial charge in [0.15, 0.2) is 6.10 Å². The molecule has 2 amide bonds. The maximum absolute atomic E-state index is 13.1. The van der Waals surface area contributed by atoms with Crippen molar-refractivity contribution in [2.75, 3.05) is 19.0 Å². The molecule has 1 atom stereocenters. The first-order valence-corrected chi connectivity index (χ1v) is 8.07. The van der Waals surface area contributed by atoms with E-state index in [1.807, 2.05) is 0 Å². The number of carbonyl (C=O) groups is 3. The molecular formula is C19H19FN2O5. The molecule has 142 valence electrons. The summed E-state index contributed by atoms with van der Waals surface area (Å²) >= 11 is 0. The Hall–Kier alpha value is -3.42. The Kier molecular flexibility index (Phi) is 6.87. The van der Waals surface area contributed by atoms with Gasteiger partial charge < -0.3 is 20.1 Å². The quantitative estimate of drug-likeness (QED) is 0.724. The summed E-state index contributed by atoms with van der Waals surface area (Å²) in [5.74, 6) is -1.95. The zero-order valence-electron chi connectivity index (χ0n) is 14.8. The standard InChI is InChI=1S/C19H19FN2O5/c1-12(18(24)22-15-7-4-8-16(10-15)26-2)27-17(23)11-21-19(25)13-5-3-6-14(20)9-13/h3-10,12H,11H2,1-2H3,(H,21,25)(H,22,24)/t12-/m0/s1.